The Morgan fingerprint density at radius 1 is 1.17 bits per heavy atom. The SMILES string of the molecule is CCCCC(=O)OCCCCc1ccc(O)cc1. The Balaban J connectivity index is 2.05. The van der Waals surface area contributed by atoms with Crippen LogP contribution in [0.3, 0.4) is 0 Å². The third-order valence-electron chi connectivity index (χ3n) is 2.79. The van der Waals surface area contributed by atoms with Gasteiger partial charge >= 0.3 is 5.97 Å². The standard InChI is InChI=1S/C15H22O3/c1-2-3-7-15(17)18-12-5-4-6-13-8-10-14(16)11-9-13/h8-11,16H,2-7,12H2,1H3. The summed E-state index contributed by atoms with van der Waals surface area (Å²) in [7, 11) is 0. The first-order valence-corrected chi connectivity index (χ1v) is 6.66. The number of rotatable bonds is 8. The van der Waals surface area contributed by atoms with Gasteiger partial charge in [-0.15, -0.1) is 0 Å². The van der Waals surface area contributed by atoms with Crippen LogP contribution in [-0.4, -0.2) is 17.7 Å². The Hall–Kier alpha value is -1.51. The maximum Gasteiger partial charge on any atom is 0.305 e. The van der Waals surface area contributed by atoms with E-state index in [0.717, 1.165) is 32.1 Å². The number of esters is 1. The zero-order valence-electron chi connectivity index (χ0n) is 11.0. The number of phenols is 1. The summed E-state index contributed by atoms with van der Waals surface area (Å²) in [6, 6.07) is 7.23. The van der Waals surface area contributed by atoms with Gasteiger partial charge in [-0.05, 0) is 43.4 Å². The van der Waals surface area contributed by atoms with E-state index in [4.69, 9.17) is 9.84 Å². The minimum absolute atomic E-state index is 0.0820. The van der Waals surface area contributed by atoms with E-state index in [2.05, 4.69) is 6.92 Å². The third kappa shape index (κ3) is 6.28. The van der Waals surface area contributed by atoms with Crippen LogP contribution in [0, 0.1) is 0 Å². The maximum absolute atomic E-state index is 11.2. The van der Waals surface area contributed by atoms with Gasteiger partial charge in [0, 0.05) is 6.42 Å². The molecule has 0 spiro atoms. The van der Waals surface area contributed by atoms with Gasteiger partial charge in [-0.3, -0.25) is 4.79 Å². The number of aryl methyl sites for hydroxylation is 1. The molecule has 0 aromatic heterocycles. The molecule has 0 saturated heterocycles. The van der Waals surface area contributed by atoms with Gasteiger partial charge in [-0.1, -0.05) is 25.5 Å². The first kappa shape index (κ1) is 14.6. The van der Waals surface area contributed by atoms with Crippen molar-refractivity contribution >= 4 is 5.97 Å². The minimum atomic E-state index is -0.0820. The lowest BCUT2D eigenvalue weighted by molar-refractivity contribution is -0.143. The van der Waals surface area contributed by atoms with E-state index in [9.17, 15) is 4.79 Å². The van der Waals surface area contributed by atoms with Crippen molar-refractivity contribution in [2.24, 2.45) is 0 Å². The molecule has 1 rings (SSSR count). The number of unbranched alkanes of at least 4 members (excludes halogenated alkanes) is 2. The van der Waals surface area contributed by atoms with E-state index in [-0.39, 0.29) is 5.97 Å². The van der Waals surface area contributed by atoms with Crippen molar-refractivity contribution in [2.75, 3.05) is 6.61 Å². The number of hydrogen-bond donors (Lipinski definition) is 1. The summed E-state index contributed by atoms with van der Waals surface area (Å²) in [4.78, 5) is 11.2. The van der Waals surface area contributed by atoms with Crippen molar-refractivity contribution in [1.29, 1.82) is 0 Å². The van der Waals surface area contributed by atoms with E-state index >= 15 is 0 Å². The van der Waals surface area contributed by atoms with Gasteiger partial charge in [-0.2, -0.15) is 0 Å². The molecule has 3 nitrogen and oxygen atoms in total. The van der Waals surface area contributed by atoms with Crippen molar-refractivity contribution in [1.82, 2.24) is 0 Å². The summed E-state index contributed by atoms with van der Waals surface area (Å²) < 4.78 is 5.12. The summed E-state index contributed by atoms with van der Waals surface area (Å²) in [5, 5.41) is 9.14. The minimum Gasteiger partial charge on any atom is -0.508 e. The van der Waals surface area contributed by atoms with Crippen molar-refractivity contribution in [3.05, 3.63) is 29.8 Å². The normalized spacial score (nSPS) is 10.3. The summed E-state index contributed by atoms with van der Waals surface area (Å²) in [5.41, 5.74) is 1.20. The Labute approximate surface area is 109 Å². The van der Waals surface area contributed by atoms with Crippen molar-refractivity contribution < 1.29 is 14.6 Å². The molecule has 0 heterocycles. The Bertz CT molecular complexity index is 343. The van der Waals surface area contributed by atoms with Crippen LogP contribution in [-0.2, 0) is 16.0 Å². The third-order valence-corrected chi connectivity index (χ3v) is 2.79. The van der Waals surface area contributed by atoms with Gasteiger partial charge in [0.1, 0.15) is 5.75 Å². The largest absolute Gasteiger partial charge is 0.508 e. The second kappa shape index (κ2) is 8.56. The van der Waals surface area contributed by atoms with E-state index < -0.39 is 0 Å². The van der Waals surface area contributed by atoms with Gasteiger partial charge in [0.05, 0.1) is 6.61 Å². The molecule has 0 aliphatic rings. The van der Waals surface area contributed by atoms with Crippen LogP contribution in [0.2, 0.25) is 0 Å². The summed E-state index contributed by atoms with van der Waals surface area (Å²) >= 11 is 0. The Morgan fingerprint density at radius 3 is 2.56 bits per heavy atom. The molecule has 100 valence electrons. The van der Waals surface area contributed by atoms with Gasteiger partial charge in [0.2, 0.25) is 0 Å². The van der Waals surface area contributed by atoms with E-state index in [1.54, 1.807) is 12.1 Å². The smallest absolute Gasteiger partial charge is 0.305 e. The first-order valence-electron chi connectivity index (χ1n) is 6.66. The fourth-order valence-corrected chi connectivity index (χ4v) is 1.67. The van der Waals surface area contributed by atoms with Gasteiger partial charge < -0.3 is 9.84 Å². The molecule has 0 atom stereocenters. The first-order chi connectivity index (χ1) is 8.72. The lowest BCUT2D eigenvalue weighted by Gasteiger charge is -2.04. The molecule has 18 heavy (non-hydrogen) atoms. The number of carbonyl (C=O) groups excluding carboxylic acids is 1. The second-order valence-electron chi connectivity index (χ2n) is 4.45. The lowest BCUT2D eigenvalue weighted by Crippen LogP contribution is -2.05. The molecular formula is C15H22O3. The average molecular weight is 250 g/mol. The van der Waals surface area contributed by atoms with Crippen molar-refractivity contribution in [2.45, 2.75) is 45.4 Å². The van der Waals surface area contributed by atoms with Crippen molar-refractivity contribution in [3.8, 4) is 5.75 Å². The summed E-state index contributed by atoms with van der Waals surface area (Å²) in [5.74, 6) is 0.213. The maximum atomic E-state index is 11.2. The zero-order chi connectivity index (χ0) is 13.2. The van der Waals surface area contributed by atoms with Gasteiger partial charge in [0.15, 0.2) is 0 Å². The Kier molecular flexibility index (Phi) is 6.92. The highest BCUT2D eigenvalue weighted by atomic mass is 16.5. The number of carbonyl (C=O) groups is 1. The number of aromatic hydroxyl groups is 1. The molecule has 0 aliphatic carbocycles. The fraction of sp³-hybridized carbons (Fsp3) is 0.533. The van der Waals surface area contributed by atoms with Crippen LogP contribution in [0.1, 0.15) is 44.6 Å². The number of ether oxygens (including phenoxy) is 1. The summed E-state index contributed by atoms with van der Waals surface area (Å²) in [6.45, 7) is 2.57. The topological polar surface area (TPSA) is 46.5 Å². The van der Waals surface area contributed by atoms with Gasteiger partial charge in [0.25, 0.3) is 0 Å². The van der Waals surface area contributed by atoms with E-state index in [1.807, 2.05) is 12.1 Å². The van der Waals surface area contributed by atoms with E-state index in [0.29, 0.717) is 18.8 Å². The fourth-order valence-electron chi connectivity index (χ4n) is 1.67. The van der Waals surface area contributed by atoms with Crippen LogP contribution in [0.4, 0.5) is 0 Å². The molecule has 0 fully saturated rings. The molecule has 0 unspecified atom stereocenters. The van der Waals surface area contributed by atoms with Crippen LogP contribution in [0.25, 0.3) is 0 Å². The van der Waals surface area contributed by atoms with Crippen LogP contribution >= 0.6 is 0 Å². The molecule has 0 bridgehead atoms. The molecular weight excluding hydrogens is 228 g/mol. The predicted molar refractivity (Wildman–Crippen MR) is 71.5 cm³/mol. The highest BCUT2D eigenvalue weighted by Crippen LogP contribution is 2.11. The molecule has 3 heteroatoms. The zero-order valence-corrected chi connectivity index (χ0v) is 11.0. The molecule has 1 aromatic carbocycles. The molecule has 1 aromatic rings. The molecule has 0 aliphatic heterocycles. The molecule has 0 radical (unpaired) electrons. The Morgan fingerprint density at radius 2 is 1.89 bits per heavy atom. The molecule has 1 N–H and O–H groups in total. The number of hydrogen-bond acceptors (Lipinski definition) is 3. The van der Waals surface area contributed by atoms with Crippen molar-refractivity contribution in [3.63, 3.8) is 0 Å². The summed E-state index contributed by atoms with van der Waals surface area (Å²) in [6.07, 6.45) is 5.30. The predicted octanol–water partition coefficient (Wildman–Crippen LogP) is 3.45. The average Bonchev–Trinajstić information content (AvgIpc) is 2.38. The second-order valence-corrected chi connectivity index (χ2v) is 4.45. The van der Waals surface area contributed by atoms with Gasteiger partial charge in [-0.25, -0.2) is 0 Å². The van der Waals surface area contributed by atoms with Crippen LogP contribution in [0.15, 0.2) is 24.3 Å². The number of phenolic OH excluding ortho intramolecular Hbond substituents is 1. The van der Waals surface area contributed by atoms with Crippen LogP contribution in [0.5, 0.6) is 5.75 Å². The molecule has 0 saturated carbocycles. The highest BCUT2D eigenvalue weighted by molar-refractivity contribution is 5.69. The highest BCUT2D eigenvalue weighted by Gasteiger charge is 2.01. The monoisotopic (exact) mass is 250 g/mol. The lowest BCUT2D eigenvalue weighted by atomic mass is 10.1. The quantitative estimate of drug-likeness (QED) is 0.568. The van der Waals surface area contributed by atoms with Crippen LogP contribution < -0.4 is 0 Å². The number of benzene rings is 1. The van der Waals surface area contributed by atoms with E-state index in [1.165, 1.54) is 5.56 Å². The molecule has 0 amide bonds.